The molecule has 1 saturated carbocycles. The van der Waals surface area contributed by atoms with Gasteiger partial charge < -0.3 is 0 Å². The van der Waals surface area contributed by atoms with Crippen molar-refractivity contribution >= 4 is 22.9 Å². The molecule has 2 aromatic carbocycles. The average Bonchev–Trinajstić information content (AvgIpc) is 3.00. The van der Waals surface area contributed by atoms with Gasteiger partial charge in [0.05, 0.1) is 0 Å². The highest BCUT2D eigenvalue weighted by Gasteiger charge is 2.57. The Morgan fingerprint density at radius 3 is 1.74 bits per heavy atom. The summed E-state index contributed by atoms with van der Waals surface area (Å²) in [5.41, 5.74) is 3.39. The summed E-state index contributed by atoms with van der Waals surface area (Å²) in [7, 11) is 0. The Balaban J connectivity index is 1.90. The molecule has 2 aromatic rings. The molecular weight excluding hydrogens is 228 g/mol. The molecule has 0 radical (unpaired) electrons. The van der Waals surface area contributed by atoms with Gasteiger partial charge in [0.15, 0.2) is 0 Å². The van der Waals surface area contributed by atoms with E-state index in [-0.39, 0.29) is 5.41 Å². The predicted octanol–water partition coefficient (Wildman–Crippen LogP) is 5.30. The van der Waals surface area contributed by atoms with Gasteiger partial charge in [0.1, 0.15) is 0 Å². The topological polar surface area (TPSA) is 0 Å². The fourth-order valence-electron chi connectivity index (χ4n) is 3.35. The molecule has 0 saturated heterocycles. The normalized spacial score (nSPS) is 21.4. The van der Waals surface area contributed by atoms with Crippen molar-refractivity contribution in [3.8, 4) is 0 Å². The first-order valence-corrected chi connectivity index (χ1v) is 7.01. The molecular formula is C19H18. The number of hydrogen-bond donors (Lipinski definition) is 0. The quantitative estimate of drug-likeness (QED) is 0.592. The van der Waals surface area contributed by atoms with Gasteiger partial charge in [-0.1, -0.05) is 62.4 Å². The summed E-state index contributed by atoms with van der Waals surface area (Å²) in [6.45, 7) is 4.71. The van der Waals surface area contributed by atoms with Crippen molar-refractivity contribution in [2.45, 2.75) is 20.3 Å². The summed E-state index contributed by atoms with van der Waals surface area (Å²) >= 11 is 0. The van der Waals surface area contributed by atoms with E-state index in [1.807, 2.05) is 0 Å². The zero-order valence-corrected chi connectivity index (χ0v) is 11.5. The van der Waals surface area contributed by atoms with E-state index in [2.05, 4.69) is 74.5 Å². The first-order chi connectivity index (χ1) is 9.10. The molecule has 19 heavy (non-hydrogen) atoms. The number of hydrogen-bond acceptors (Lipinski definition) is 0. The second-order valence-electron chi connectivity index (χ2n) is 6.60. The van der Waals surface area contributed by atoms with Gasteiger partial charge >= 0.3 is 0 Å². The minimum Gasteiger partial charge on any atom is -0.0734 e. The monoisotopic (exact) mass is 246 g/mol. The number of allylic oxidation sites excluding steroid dienone is 2. The molecule has 0 heterocycles. The van der Waals surface area contributed by atoms with Crippen LogP contribution in [0.5, 0.6) is 0 Å². The van der Waals surface area contributed by atoms with Crippen molar-refractivity contribution in [3.63, 3.8) is 0 Å². The van der Waals surface area contributed by atoms with Crippen molar-refractivity contribution in [1.29, 1.82) is 0 Å². The lowest BCUT2D eigenvalue weighted by Crippen LogP contribution is -2.00. The maximum absolute atomic E-state index is 2.41. The van der Waals surface area contributed by atoms with Crippen LogP contribution in [-0.4, -0.2) is 0 Å². The molecule has 0 nitrogen and oxygen atoms in total. The Labute approximate surface area is 114 Å². The summed E-state index contributed by atoms with van der Waals surface area (Å²) in [4.78, 5) is 0. The van der Waals surface area contributed by atoms with Gasteiger partial charge in [-0.3, -0.25) is 0 Å². The molecule has 0 aromatic heterocycles. The second kappa shape index (κ2) is 3.39. The van der Waals surface area contributed by atoms with Crippen LogP contribution >= 0.6 is 0 Å². The van der Waals surface area contributed by atoms with E-state index in [9.17, 15) is 0 Å². The van der Waals surface area contributed by atoms with Crippen LogP contribution in [-0.2, 0) is 0 Å². The van der Waals surface area contributed by atoms with Gasteiger partial charge in [-0.15, -0.1) is 0 Å². The van der Waals surface area contributed by atoms with Crippen molar-refractivity contribution in [1.82, 2.24) is 0 Å². The van der Waals surface area contributed by atoms with Crippen LogP contribution in [0.2, 0.25) is 0 Å². The fraction of sp³-hybridized carbons (Fsp3) is 0.263. The van der Waals surface area contributed by atoms with Crippen LogP contribution in [0.4, 0.5) is 0 Å². The lowest BCUT2D eigenvalue weighted by atomic mass is 9.95. The fourth-order valence-corrected chi connectivity index (χ4v) is 3.35. The summed E-state index contributed by atoms with van der Waals surface area (Å²) < 4.78 is 0. The summed E-state index contributed by atoms with van der Waals surface area (Å²) in [6.07, 6.45) is 10.7. The number of benzene rings is 2. The minimum absolute atomic E-state index is 0.290. The average molecular weight is 246 g/mol. The highest BCUT2D eigenvalue weighted by Crippen LogP contribution is 2.66. The van der Waals surface area contributed by atoms with E-state index in [4.69, 9.17) is 0 Å². The van der Waals surface area contributed by atoms with Gasteiger partial charge in [0, 0.05) is 5.41 Å². The van der Waals surface area contributed by atoms with E-state index in [1.54, 1.807) is 0 Å². The zero-order chi connectivity index (χ0) is 13.1. The van der Waals surface area contributed by atoms with Crippen LogP contribution in [0.3, 0.4) is 0 Å². The Bertz CT molecular complexity index is 676. The molecule has 0 aliphatic heterocycles. The minimum atomic E-state index is 0.290. The smallest absolute Gasteiger partial charge is 0.0125 e. The Morgan fingerprint density at radius 2 is 1.32 bits per heavy atom. The number of rotatable bonds is 0. The third kappa shape index (κ3) is 1.53. The molecule has 0 N–H and O–H groups in total. The van der Waals surface area contributed by atoms with Crippen LogP contribution in [0, 0.1) is 10.8 Å². The van der Waals surface area contributed by atoms with E-state index in [0.29, 0.717) is 5.41 Å². The maximum Gasteiger partial charge on any atom is 0.0125 e. The van der Waals surface area contributed by atoms with Crippen molar-refractivity contribution in [3.05, 3.63) is 59.7 Å². The van der Waals surface area contributed by atoms with Crippen LogP contribution in [0.1, 0.15) is 31.4 Å². The third-order valence-electron chi connectivity index (χ3n) is 4.94. The highest BCUT2D eigenvalue weighted by molar-refractivity contribution is 5.89. The lowest BCUT2D eigenvalue weighted by molar-refractivity contribution is 0.545. The molecule has 1 fully saturated rings. The van der Waals surface area contributed by atoms with Crippen molar-refractivity contribution in [2.24, 2.45) is 10.8 Å². The lowest BCUT2D eigenvalue weighted by Gasteiger charge is -2.09. The molecule has 0 bridgehead atoms. The van der Waals surface area contributed by atoms with Crippen LogP contribution in [0.25, 0.3) is 22.9 Å². The van der Waals surface area contributed by atoms with Crippen LogP contribution < -0.4 is 0 Å². The molecule has 0 unspecified atom stereocenters. The second-order valence-corrected chi connectivity index (χ2v) is 6.60. The first kappa shape index (κ1) is 11.0. The largest absolute Gasteiger partial charge is 0.0734 e. The van der Waals surface area contributed by atoms with Crippen molar-refractivity contribution < 1.29 is 0 Å². The van der Waals surface area contributed by atoms with Gasteiger partial charge in [0.25, 0.3) is 0 Å². The summed E-state index contributed by atoms with van der Waals surface area (Å²) in [5, 5.41) is 2.65. The van der Waals surface area contributed by atoms with Crippen LogP contribution in [0.15, 0.2) is 48.6 Å². The molecule has 0 heteroatoms. The third-order valence-corrected chi connectivity index (χ3v) is 4.94. The zero-order valence-electron chi connectivity index (χ0n) is 11.5. The van der Waals surface area contributed by atoms with E-state index in [1.165, 1.54) is 28.3 Å². The molecule has 94 valence electrons. The standard InChI is InChI=1S/C19H18/c1-18(2)13-19(18)9-7-16-11-14-5-3-4-6-15(14)12-17(16)8-10-19/h3-12H,13H2,1-2H3. The molecule has 0 amide bonds. The Kier molecular flexibility index (Phi) is 1.97. The highest BCUT2D eigenvalue weighted by atomic mass is 14.6. The molecule has 2 aliphatic rings. The van der Waals surface area contributed by atoms with E-state index >= 15 is 0 Å². The molecule has 0 atom stereocenters. The predicted molar refractivity (Wildman–Crippen MR) is 82.8 cm³/mol. The first-order valence-electron chi connectivity index (χ1n) is 7.01. The molecule has 1 spiro atoms. The summed E-state index contributed by atoms with van der Waals surface area (Å²) in [5.74, 6) is 0. The molecule has 4 rings (SSSR count). The number of fused-ring (bicyclic) bond motifs is 2. The van der Waals surface area contributed by atoms with Gasteiger partial charge in [-0.05, 0) is 45.9 Å². The van der Waals surface area contributed by atoms with E-state index in [0.717, 1.165) is 0 Å². The Morgan fingerprint density at radius 1 is 0.842 bits per heavy atom. The van der Waals surface area contributed by atoms with E-state index < -0.39 is 0 Å². The SMILES string of the molecule is CC1(C)CC12C=Cc1cc3ccccc3cc1C=C2. The Hall–Kier alpha value is -1.82. The molecule has 2 aliphatic carbocycles. The van der Waals surface area contributed by atoms with Gasteiger partial charge in [-0.25, -0.2) is 0 Å². The summed E-state index contributed by atoms with van der Waals surface area (Å²) in [6, 6.07) is 13.2. The van der Waals surface area contributed by atoms with Crippen molar-refractivity contribution in [2.75, 3.05) is 0 Å². The van der Waals surface area contributed by atoms with Gasteiger partial charge in [0.2, 0.25) is 0 Å². The van der Waals surface area contributed by atoms with Gasteiger partial charge in [-0.2, -0.15) is 0 Å². The maximum atomic E-state index is 2.41.